The van der Waals surface area contributed by atoms with Crippen LogP contribution in [0.5, 0.6) is 11.5 Å². The van der Waals surface area contributed by atoms with E-state index in [4.69, 9.17) is 9.47 Å². The summed E-state index contributed by atoms with van der Waals surface area (Å²) in [5.74, 6) is -1.08. The van der Waals surface area contributed by atoms with Crippen LogP contribution in [0.3, 0.4) is 0 Å². The molecule has 164 valence electrons. The number of carboxylic acids is 1. The standard InChI is InChI=1S/C24H20FNO5S/c1-3-10-31-17-9-6-14(11-18(17)30-2)16-12-19(27)26-21-20(13-4-7-15(25)8-5-13)23(24(28)29)32-22(16)21/h3-9,11,16H,1,10,12H2,2H3,(H,26,27)(H,28,29)/t16-/m0/s1. The van der Waals surface area contributed by atoms with Crippen LogP contribution < -0.4 is 14.8 Å². The number of carbonyl (C=O) groups excluding carboxylic acids is 1. The van der Waals surface area contributed by atoms with Crippen molar-refractivity contribution in [2.75, 3.05) is 19.0 Å². The van der Waals surface area contributed by atoms with Gasteiger partial charge in [0.15, 0.2) is 11.5 Å². The molecule has 4 rings (SSSR count). The van der Waals surface area contributed by atoms with E-state index >= 15 is 0 Å². The molecule has 6 nitrogen and oxygen atoms in total. The lowest BCUT2D eigenvalue weighted by molar-refractivity contribution is -0.116. The lowest BCUT2D eigenvalue weighted by atomic mass is 9.88. The van der Waals surface area contributed by atoms with E-state index < -0.39 is 11.8 Å². The summed E-state index contributed by atoms with van der Waals surface area (Å²) in [7, 11) is 1.53. The van der Waals surface area contributed by atoms with Gasteiger partial charge in [-0.15, -0.1) is 11.3 Å². The summed E-state index contributed by atoms with van der Waals surface area (Å²) >= 11 is 1.11. The highest BCUT2D eigenvalue weighted by molar-refractivity contribution is 7.15. The molecule has 1 aromatic heterocycles. The Labute approximate surface area is 187 Å². The van der Waals surface area contributed by atoms with Crippen LogP contribution in [0.25, 0.3) is 11.1 Å². The molecule has 0 unspecified atom stereocenters. The minimum Gasteiger partial charge on any atom is -0.493 e. The number of ether oxygens (including phenoxy) is 2. The number of hydrogen-bond acceptors (Lipinski definition) is 5. The molecule has 32 heavy (non-hydrogen) atoms. The summed E-state index contributed by atoms with van der Waals surface area (Å²) in [5.41, 5.74) is 2.15. The number of halogens is 1. The third-order valence-electron chi connectivity index (χ3n) is 5.18. The molecule has 0 spiro atoms. The molecule has 1 aliphatic heterocycles. The Hall–Kier alpha value is -3.65. The van der Waals surface area contributed by atoms with Crippen molar-refractivity contribution in [3.8, 4) is 22.6 Å². The molecule has 2 N–H and O–H groups in total. The molecular formula is C24H20FNO5S. The van der Waals surface area contributed by atoms with Crippen LogP contribution >= 0.6 is 11.3 Å². The fourth-order valence-electron chi connectivity index (χ4n) is 3.77. The van der Waals surface area contributed by atoms with Gasteiger partial charge in [-0.3, -0.25) is 4.79 Å². The van der Waals surface area contributed by atoms with Gasteiger partial charge in [-0.2, -0.15) is 0 Å². The van der Waals surface area contributed by atoms with Crippen LogP contribution in [0, 0.1) is 5.82 Å². The van der Waals surface area contributed by atoms with Gasteiger partial charge >= 0.3 is 5.97 Å². The topological polar surface area (TPSA) is 84.9 Å². The predicted molar refractivity (Wildman–Crippen MR) is 120 cm³/mol. The van der Waals surface area contributed by atoms with Crippen molar-refractivity contribution < 1.29 is 28.6 Å². The number of carbonyl (C=O) groups is 2. The number of anilines is 1. The van der Waals surface area contributed by atoms with Gasteiger partial charge in [0.1, 0.15) is 17.3 Å². The van der Waals surface area contributed by atoms with Crippen molar-refractivity contribution in [3.63, 3.8) is 0 Å². The van der Waals surface area contributed by atoms with E-state index in [1.165, 1.54) is 31.4 Å². The second-order valence-corrected chi connectivity index (χ2v) is 8.22. The SMILES string of the molecule is C=CCOc1ccc([C@@H]2CC(=O)Nc3c2sc(C(=O)O)c3-c2ccc(F)cc2)cc1OC. The quantitative estimate of drug-likeness (QED) is 0.474. The predicted octanol–water partition coefficient (Wildman–Crippen LogP) is 5.30. The van der Waals surface area contributed by atoms with E-state index in [2.05, 4.69) is 11.9 Å². The Morgan fingerprint density at radius 3 is 2.69 bits per heavy atom. The molecule has 1 aliphatic rings. The number of benzene rings is 2. The van der Waals surface area contributed by atoms with Gasteiger partial charge in [-0.1, -0.05) is 30.9 Å². The Kier molecular flexibility index (Phi) is 5.96. The highest BCUT2D eigenvalue weighted by atomic mass is 32.1. The van der Waals surface area contributed by atoms with Crippen LogP contribution in [-0.2, 0) is 4.79 Å². The number of carboxylic acid groups (broad SMARTS) is 1. The zero-order valence-electron chi connectivity index (χ0n) is 17.2. The van der Waals surface area contributed by atoms with Gasteiger partial charge in [-0.05, 0) is 35.4 Å². The van der Waals surface area contributed by atoms with Crippen LogP contribution in [-0.4, -0.2) is 30.7 Å². The number of fused-ring (bicyclic) bond motifs is 1. The third-order valence-corrected chi connectivity index (χ3v) is 6.47. The Morgan fingerprint density at radius 1 is 1.28 bits per heavy atom. The second-order valence-electron chi connectivity index (χ2n) is 7.17. The first-order valence-electron chi connectivity index (χ1n) is 9.80. The van der Waals surface area contributed by atoms with Crippen LogP contribution in [0.15, 0.2) is 55.1 Å². The minimum absolute atomic E-state index is 0.0895. The van der Waals surface area contributed by atoms with Crippen molar-refractivity contribution in [2.45, 2.75) is 12.3 Å². The molecule has 0 bridgehead atoms. The Balaban J connectivity index is 1.84. The molecule has 0 radical (unpaired) electrons. The molecule has 0 aliphatic carbocycles. The van der Waals surface area contributed by atoms with Crippen LogP contribution in [0.2, 0.25) is 0 Å². The average molecular weight is 453 g/mol. The van der Waals surface area contributed by atoms with Crippen LogP contribution in [0.4, 0.5) is 10.1 Å². The lowest BCUT2D eigenvalue weighted by Gasteiger charge is -2.24. The fraction of sp³-hybridized carbons (Fsp3) is 0.167. The Bertz CT molecular complexity index is 1200. The molecule has 1 amide bonds. The second kappa shape index (κ2) is 8.84. The lowest BCUT2D eigenvalue weighted by Crippen LogP contribution is -2.22. The summed E-state index contributed by atoms with van der Waals surface area (Å²) in [6.45, 7) is 3.95. The number of methoxy groups -OCH3 is 1. The number of aromatic carboxylic acids is 1. The number of rotatable bonds is 7. The molecule has 1 atom stereocenters. The molecule has 8 heteroatoms. The van der Waals surface area contributed by atoms with Gasteiger partial charge in [0, 0.05) is 22.8 Å². The van der Waals surface area contributed by atoms with Gasteiger partial charge in [0.25, 0.3) is 0 Å². The summed E-state index contributed by atoms with van der Waals surface area (Å²) in [6.07, 6.45) is 1.78. The van der Waals surface area contributed by atoms with Crippen molar-refractivity contribution >= 4 is 28.9 Å². The van der Waals surface area contributed by atoms with E-state index in [-0.39, 0.29) is 23.1 Å². The Morgan fingerprint density at radius 2 is 2.03 bits per heavy atom. The molecule has 0 fully saturated rings. The number of nitrogens with one attached hydrogen (secondary N) is 1. The molecule has 3 aromatic rings. The molecule has 0 saturated carbocycles. The highest BCUT2D eigenvalue weighted by Gasteiger charge is 2.34. The molecular weight excluding hydrogens is 433 g/mol. The van der Waals surface area contributed by atoms with E-state index in [0.717, 1.165) is 21.8 Å². The van der Waals surface area contributed by atoms with E-state index in [1.54, 1.807) is 18.2 Å². The number of thiophene rings is 1. The van der Waals surface area contributed by atoms with Crippen molar-refractivity contribution in [1.82, 2.24) is 0 Å². The van der Waals surface area contributed by atoms with Gasteiger partial charge in [0.05, 0.1) is 12.8 Å². The first-order valence-corrected chi connectivity index (χ1v) is 10.6. The van der Waals surface area contributed by atoms with Crippen molar-refractivity contribution in [1.29, 1.82) is 0 Å². The summed E-state index contributed by atoms with van der Waals surface area (Å²) in [4.78, 5) is 25.5. The first kappa shape index (κ1) is 21.6. The summed E-state index contributed by atoms with van der Waals surface area (Å²) in [6, 6.07) is 10.9. The molecule has 2 heterocycles. The molecule has 2 aromatic carbocycles. The zero-order valence-corrected chi connectivity index (χ0v) is 18.0. The maximum absolute atomic E-state index is 13.4. The van der Waals surface area contributed by atoms with E-state index in [1.807, 2.05) is 6.07 Å². The monoisotopic (exact) mass is 453 g/mol. The van der Waals surface area contributed by atoms with E-state index in [9.17, 15) is 19.1 Å². The summed E-state index contributed by atoms with van der Waals surface area (Å²) in [5, 5.41) is 12.7. The summed E-state index contributed by atoms with van der Waals surface area (Å²) < 4.78 is 24.5. The van der Waals surface area contributed by atoms with Crippen molar-refractivity contribution in [3.05, 3.63) is 76.3 Å². The number of hydrogen-bond donors (Lipinski definition) is 2. The first-order chi connectivity index (χ1) is 15.4. The smallest absolute Gasteiger partial charge is 0.346 e. The maximum Gasteiger partial charge on any atom is 0.346 e. The average Bonchev–Trinajstić information content (AvgIpc) is 3.17. The van der Waals surface area contributed by atoms with Crippen molar-refractivity contribution in [2.24, 2.45) is 0 Å². The largest absolute Gasteiger partial charge is 0.493 e. The highest BCUT2D eigenvalue weighted by Crippen LogP contribution is 2.50. The van der Waals surface area contributed by atoms with Gasteiger partial charge < -0.3 is 19.9 Å². The number of amides is 1. The normalized spacial score (nSPS) is 14.9. The van der Waals surface area contributed by atoms with Gasteiger partial charge in [-0.25, -0.2) is 9.18 Å². The zero-order chi connectivity index (χ0) is 22.8. The fourth-order valence-corrected chi connectivity index (χ4v) is 5.01. The van der Waals surface area contributed by atoms with Crippen LogP contribution in [0.1, 0.15) is 32.5 Å². The van der Waals surface area contributed by atoms with Gasteiger partial charge in [0.2, 0.25) is 5.91 Å². The minimum atomic E-state index is -1.11. The van der Waals surface area contributed by atoms with E-state index in [0.29, 0.717) is 34.9 Å². The maximum atomic E-state index is 13.4. The third kappa shape index (κ3) is 3.97. The molecule has 0 saturated heterocycles.